The van der Waals surface area contributed by atoms with Crippen LogP contribution in [0.4, 0.5) is 23.7 Å². The molecule has 1 aliphatic heterocycles. The van der Waals surface area contributed by atoms with Crippen molar-refractivity contribution in [2.45, 2.75) is 12.3 Å². The first kappa shape index (κ1) is 17.8. The number of likely N-dealkylation sites (tertiary alicyclic amines) is 1. The molecule has 0 bridgehead atoms. The fourth-order valence-corrected chi connectivity index (χ4v) is 2.38. The number of hydrogen-bond acceptors (Lipinski definition) is 4. The van der Waals surface area contributed by atoms with Gasteiger partial charge < -0.3 is 19.7 Å². The summed E-state index contributed by atoms with van der Waals surface area (Å²) in [6.07, 6.45) is -3.80. The fraction of sp³-hybridized carbons (Fsp3) is 0.294. The van der Waals surface area contributed by atoms with E-state index in [0.29, 0.717) is 11.4 Å². The molecule has 0 atom stereocenters. The largest absolute Gasteiger partial charge is 0.497 e. The number of anilines is 1. The summed E-state index contributed by atoms with van der Waals surface area (Å²) in [4.78, 5) is 17.4. The number of halogens is 3. The molecule has 1 N–H and O–H groups in total. The quantitative estimate of drug-likeness (QED) is 0.900. The maximum atomic E-state index is 12.7. The number of nitrogens with zero attached hydrogens (tertiary/aromatic N) is 2. The Morgan fingerprint density at radius 3 is 2.54 bits per heavy atom. The number of hydrogen-bond donors (Lipinski definition) is 1. The topological polar surface area (TPSA) is 63.7 Å². The molecule has 1 aliphatic rings. The Labute approximate surface area is 147 Å². The van der Waals surface area contributed by atoms with Gasteiger partial charge in [-0.05, 0) is 30.3 Å². The zero-order valence-corrected chi connectivity index (χ0v) is 13.8. The van der Waals surface area contributed by atoms with Crippen LogP contribution in [0.5, 0.6) is 11.6 Å². The van der Waals surface area contributed by atoms with Crippen LogP contribution in [0.3, 0.4) is 0 Å². The number of rotatable bonds is 4. The van der Waals surface area contributed by atoms with Crippen molar-refractivity contribution in [2.24, 2.45) is 0 Å². The highest BCUT2D eigenvalue weighted by Gasteiger charge is 2.34. The number of amides is 2. The SMILES string of the molecule is COc1ccc(NC(=O)N2CC(Oc3cc(C(F)(F)F)ccn3)C2)cc1. The van der Waals surface area contributed by atoms with E-state index in [4.69, 9.17) is 9.47 Å². The average Bonchev–Trinajstić information content (AvgIpc) is 2.58. The first-order valence-corrected chi connectivity index (χ1v) is 7.75. The van der Waals surface area contributed by atoms with E-state index in [9.17, 15) is 18.0 Å². The summed E-state index contributed by atoms with van der Waals surface area (Å²) in [5, 5.41) is 2.72. The second-order valence-corrected chi connectivity index (χ2v) is 5.68. The van der Waals surface area contributed by atoms with E-state index in [1.807, 2.05) is 0 Å². The van der Waals surface area contributed by atoms with Crippen LogP contribution >= 0.6 is 0 Å². The summed E-state index contributed by atoms with van der Waals surface area (Å²) < 4.78 is 48.5. The Kier molecular flexibility index (Phi) is 4.88. The Bertz CT molecular complexity index is 775. The van der Waals surface area contributed by atoms with Crippen LogP contribution in [0.2, 0.25) is 0 Å². The Morgan fingerprint density at radius 2 is 1.92 bits per heavy atom. The van der Waals surface area contributed by atoms with E-state index in [2.05, 4.69) is 10.3 Å². The molecule has 1 aromatic carbocycles. The molecule has 0 aliphatic carbocycles. The van der Waals surface area contributed by atoms with Gasteiger partial charge in [-0.3, -0.25) is 0 Å². The number of carbonyl (C=O) groups is 1. The van der Waals surface area contributed by atoms with Crippen LogP contribution in [0.15, 0.2) is 42.6 Å². The summed E-state index contributed by atoms with van der Waals surface area (Å²) in [6, 6.07) is 8.26. The standard InChI is InChI=1S/C17H16F3N3O3/c1-25-13-4-2-12(3-5-13)22-16(24)23-9-14(10-23)26-15-8-11(6-7-21-15)17(18,19)20/h2-8,14H,9-10H2,1H3,(H,22,24). The van der Waals surface area contributed by atoms with Gasteiger partial charge in [0, 0.05) is 18.0 Å². The molecule has 2 aromatic rings. The highest BCUT2D eigenvalue weighted by Crippen LogP contribution is 2.31. The minimum Gasteiger partial charge on any atom is -0.497 e. The third-order valence-electron chi connectivity index (χ3n) is 3.83. The van der Waals surface area contributed by atoms with Crippen LogP contribution < -0.4 is 14.8 Å². The summed E-state index contributed by atoms with van der Waals surface area (Å²) in [5.74, 6) is 0.564. The second-order valence-electron chi connectivity index (χ2n) is 5.68. The molecule has 138 valence electrons. The second kappa shape index (κ2) is 7.11. The summed E-state index contributed by atoms with van der Waals surface area (Å²) in [6.45, 7) is 0.528. The van der Waals surface area contributed by atoms with Crippen LogP contribution in [0.25, 0.3) is 0 Å². The average molecular weight is 367 g/mol. The first-order valence-electron chi connectivity index (χ1n) is 7.75. The van der Waals surface area contributed by atoms with Gasteiger partial charge in [-0.25, -0.2) is 9.78 Å². The molecular formula is C17H16F3N3O3. The fourth-order valence-electron chi connectivity index (χ4n) is 2.38. The van der Waals surface area contributed by atoms with Crippen LogP contribution in [-0.2, 0) is 6.18 Å². The van der Waals surface area contributed by atoms with E-state index in [1.54, 1.807) is 31.4 Å². The molecular weight excluding hydrogens is 351 g/mol. The Balaban J connectivity index is 1.50. The number of nitrogens with one attached hydrogen (secondary N) is 1. The zero-order chi connectivity index (χ0) is 18.7. The van der Waals surface area contributed by atoms with E-state index in [1.165, 1.54) is 4.90 Å². The first-order chi connectivity index (χ1) is 12.3. The number of alkyl halides is 3. The predicted octanol–water partition coefficient (Wildman–Crippen LogP) is 3.40. The lowest BCUT2D eigenvalue weighted by Gasteiger charge is -2.38. The van der Waals surface area contributed by atoms with E-state index in [0.717, 1.165) is 18.3 Å². The van der Waals surface area contributed by atoms with Crippen molar-refractivity contribution in [3.05, 3.63) is 48.2 Å². The van der Waals surface area contributed by atoms with Crippen molar-refractivity contribution in [3.63, 3.8) is 0 Å². The van der Waals surface area contributed by atoms with Gasteiger partial charge in [0.05, 0.1) is 25.8 Å². The lowest BCUT2D eigenvalue weighted by molar-refractivity contribution is -0.137. The van der Waals surface area contributed by atoms with Gasteiger partial charge in [0.2, 0.25) is 5.88 Å². The molecule has 26 heavy (non-hydrogen) atoms. The zero-order valence-electron chi connectivity index (χ0n) is 13.8. The molecule has 0 spiro atoms. The smallest absolute Gasteiger partial charge is 0.416 e. The number of methoxy groups -OCH3 is 1. The third kappa shape index (κ3) is 4.16. The maximum Gasteiger partial charge on any atom is 0.416 e. The van der Waals surface area contributed by atoms with Gasteiger partial charge in [0.25, 0.3) is 0 Å². The van der Waals surface area contributed by atoms with Gasteiger partial charge in [-0.2, -0.15) is 13.2 Å². The molecule has 0 radical (unpaired) electrons. The minimum atomic E-state index is -4.45. The molecule has 1 aromatic heterocycles. The number of benzene rings is 1. The summed E-state index contributed by atoms with van der Waals surface area (Å²) in [7, 11) is 1.55. The monoisotopic (exact) mass is 367 g/mol. The lowest BCUT2D eigenvalue weighted by Crippen LogP contribution is -2.57. The molecule has 3 rings (SSSR count). The van der Waals surface area contributed by atoms with Gasteiger partial charge in [-0.15, -0.1) is 0 Å². The molecule has 6 nitrogen and oxygen atoms in total. The number of ether oxygens (including phenoxy) is 2. The van der Waals surface area contributed by atoms with Crippen molar-refractivity contribution >= 4 is 11.7 Å². The molecule has 0 unspecified atom stereocenters. The molecule has 1 saturated heterocycles. The van der Waals surface area contributed by atoms with E-state index >= 15 is 0 Å². The van der Waals surface area contributed by atoms with Crippen molar-refractivity contribution in [1.29, 1.82) is 0 Å². The van der Waals surface area contributed by atoms with Gasteiger partial charge in [-0.1, -0.05) is 0 Å². The number of pyridine rings is 1. The predicted molar refractivity (Wildman–Crippen MR) is 87.2 cm³/mol. The maximum absolute atomic E-state index is 12.7. The van der Waals surface area contributed by atoms with Crippen LogP contribution in [-0.4, -0.2) is 42.2 Å². The van der Waals surface area contributed by atoms with Crippen molar-refractivity contribution < 1.29 is 27.4 Å². The van der Waals surface area contributed by atoms with E-state index < -0.39 is 17.8 Å². The molecule has 1 fully saturated rings. The third-order valence-corrected chi connectivity index (χ3v) is 3.83. The van der Waals surface area contributed by atoms with Gasteiger partial charge in [0.1, 0.15) is 11.9 Å². The summed E-state index contributed by atoms with van der Waals surface area (Å²) in [5.41, 5.74) is -0.212. The summed E-state index contributed by atoms with van der Waals surface area (Å²) >= 11 is 0. The van der Waals surface area contributed by atoms with Gasteiger partial charge in [0.15, 0.2) is 0 Å². The van der Waals surface area contributed by atoms with Gasteiger partial charge >= 0.3 is 12.2 Å². The lowest BCUT2D eigenvalue weighted by atomic mass is 10.2. The normalized spacial score (nSPS) is 14.5. The van der Waals surface area contributed by atoms with Crippen molar-refractivity contribution in [3.8, 4) is 11.6 Å². The molecule has 2 heterocycles. The van der Waals surface area contributed by atoms with Crippen LogP contribution in [0, 0.1) is 0 Å². The minimum absolute atomic E-state index is 0.111. The highest BCUT2D eigenvalue weighted by atomic mass is 19.4. The Morgan fingerprint density at radius 1 is 1.23 bits per heavy atom. The molecule has 2 amide bonds. The highest BCUT2D eigenvalue weighted by molar-refractivity contribution is 5.90. The molecule has 9 heteroatoms. The molecule has 0 saturated carbocycles. The van der Waals surface area contributed by atoms with Crippen LogP contribution in [0.1, 0.15) is 5.56 Å². The number of urea groups is 1. The van der Waals surface area contributed by atoms with Crippen molar-refractivity contribution in [2.75, 3.05) is 25.5 Å². The number of carbonyl (C=O) groups excluding carboxylic acids is 1. The Hall–Kier alpha value is -2.97. The van der Waals surface area contributed by atoms with E-state index in [-0.39, 0.29) is 25.0 Å². The van der Waals surface area contributed by atoms with Crippen molar-refractivity contribution in [1.82, 2.24) is 9.88 Å². The number of aromatic nitrogens is 1.